The van der Waals surface area contributed by atoms with Crippen molar-refractivity contribution in [2.75, 3.05) is 13.2 Å². The van der Waals surface area contributed by atoms with Gasteiger partial charge in [0, 0.05) is 0 Å². The van der Waals surface area contributed by atoms with Crippen molar-refractivity contribution in [2.45, 2.75) is 33.7 Å². The fourth-order valence-electron chi connectivity index (χ4n) is 1.90. The van der Waals surface area contributed by atoms with Crippen LogP contribution < -0.4 is 5.32 Å². The minimum Gasteiger partial charge on any atom is -0.465 e. The molecule has 0 bridgehead atoms. The van der Waals surface area contributed by atoms with E-state index in [0.717, 1.165) is 17.7 Å². The highest BCUT2D eigenvalue weighted by Gasteiger charge is 2.22. The number of hydrogen-bond acceptors (Lipinski definition) is 3. The molecule has 0 amide bonds. The highest BCUT2D eigenvalue weighted by atomic mass is 16.5. The first-order valence-corrected chi connectivity index (χ1v) is 6.07. The van der Waals surface area contributed by atoms with E-state index in [-0.39, 0.29) is 12.0 Å². The van der Waals surface area contributed by atoms with Gasteiger partial charge in [0.05, 0.1) is 6.61 Å². The lowest BCUT2D eigenvalue weighted by molar-refractivity contribution is -0.145. The van der Waals surface area contributed by atoms with Crippen LogP contribution in [-0.4, -0.2) is 19.1 Å². The molecular formula is C14H21NO2. The highest BCUT2D eigenvalue weighted by Crippen LogP contribution is 2.20. The van der Waals surface area contributed by atoms with Crippen molar-refractivity contribution in [1.29, 1.82) is 0 Å². The average molecular weight is 235 g/mol. The van der Waals surface area contributed by atoms with Crippen molar-refractivity contribution in [3.05, 3.63) is 34.9 Å². The maximum atomic E-state index is 11.9. The molecule has 3 nitrogen and oxygen atoms in total. The Morgan fingerprint density at radius 1 is 1.35 bits per heavy atom. The molecule has 94 valence electrons. The first-order valence-electron chi connectivity index (χ1n) is 6.07. The largest absolute Gasteiger partial charge is 0.465 e. The van der Waals surface area contributed by atoms with E-state index in [2.05, 4.69) is 11.4 Å². The van der Waals surface area contributed by atoms with Crippen LogP contribution in [0.5, 0.6) is 0 Å². The normalized spacial score (nSPS) is 12.2. The number of benzene rings is 1. The third-order valence-corrected chi connectivity index (χ3v) is 2.67. The summed E-state index contributed by atoms with van der Waals surface area (Å²) in [4.78, 5) is 11.9. The van der Waals surface area contributed by atoms with E-state index < -0.39 is 0 Å². The second kappa shape index (κ2) is 6.40. The van der Waals surface area contributed by atoms with E-state index in [1.54, 1.807) is 0 Å². The summed E-state index contributed by atoms with van der Waals surface area (Å²) >= 11 is 0. The van der Waals surface area contributed by atoms with Gasteiger partial charge in [-0.05, 0) is 38.4 Å². The van der Waals surface area contributed by atoms with E-state index in [0.29, 0.717) is 6.61 Å². The maximum Gasteiger partial charge on any atom is 0.327 e. The SMILES string of the molecule is CCNC(C(=O)OCC)c1ccc(C)cc1C. The summed E-state index contributed by atoms with van der Waals surface area (Å²) in [6.45, 7) is 9.01. The molecule has 0 spiro atoms. The Hall–Kier alpha value is -1.35. The van der Waals surface area contributed by atoms with Crippen LogP contribution in [0, 0.1) is 13.8 Å². The third-order valence-electron chi connectivity index (χ3n) is 2.67. The minimum atomic E-state index is -0.361. The molecule has 3 heteroatoms. The summed E-state index contributed by atoms with van der Waals surface area (Å²) in [6.07, 6.45) is 0. The Kier molecular flexibility index (Phi) is 5.16. The van der Waals surface area contributed by atoms with Gasteiger partial charge >= 0.3 is 5.97 Å². The van der Waals surface area contributed by atoms with Gasteiger partial charge in [0.2, 0.25) is 0 Å². The summed E-state index contributed by atoms with van der Waals surface area (Å²) < 4.78 is 5.09. The van der Waals surface area contributed by atoms with E-state index >= 15 is 0 Å². The van der Waals surface area contributed by atoms with Gasteiger partial charge < -0.3 is 10.1 Å². The standard InChI is InChI=1S/C14H21NO2/c1-5-15-13(14(16)17-6-2)12-8-7-10(3)9-11(12)4/h7-9,13,15H,5-6H2,1-4H3. The molecule has 0 radical (unpaired) electrons. The lowest BCUT2D eigenvalue weighted by Gasteiger charge is -2.19. The van der Waals surface area contributed by atoms with Crippen molar-refractivity contribution in [3.63, 3.8) is 0 Å². The van der Waals surface area contributed by atoms with Crippen LogP contribution in [0.3, 0.4) is 0 Å². The van der Waals surface area contributed by atoms with Crippen molar-refractivity contribution < 1.29 is 9.53 Å². The predicted molar refractivity (Wildman–Crippen MR) is 69.0 cm³/mol. The molecule has 17 heavy (non-hydrogen) atoms. The Labute approximate surface area is 103 Å². The van der Waals surface area contributed by atoms with E-state index in [1.807, 2.05) is 39.8 Å². The van der Waals surface area contributed by atoms with Crippen molar-refractivity contribution in [2.24, 2.45) is 0 Å². The van der Waals surface area contributed by atoms with Crippen LogP contribution in [0.15, 0.2) is 18.2 Å². The molecule has 1 aromatic rings. The van der Waals surface area contributed by atoms with Crippen LogP contribution >= 0.6 is 0 Å². The molecule has 1 unspecified atom stereocenters. The molecule has 1 aromatic carbocycles. The number of rotatable bonds is 5. The third kappa shape index (κ3) is 3.56. The first kappa shape index (κ1) is 13.7. The van der Waals surface area contributed by atoms with Crippen LogP contribution in [0.2, 0.25) is 0 Å². The Balaban J connectivity index is 3.00. The number of ether oxygens (including phenoxy) is 1. The van der Waals surface area contributed by atoms with Gasteiger partial charge in [-0.2, -0.15) is 0 Å². The number of carbonyl (C=O) groups excluding carboxylic acids is 1. The lowest BCUT2D eigenvalue weighted by Crippen LogP contribution is -2.30. The summed E-state index contributed by atoms with van der Waals surface area (Å²) in [5.41, 5.74) is 3.31. The summed E-state index contributed by atoms with van der Waals surface area (Å²) in [6, 6.07) is 5.74. The van der Waals surface area contributed by atoms with Crippen LogP contribution in [0.25, 0.3) is 0 Å². The fourth-order valence-corrected chi connectivity index (χ4v) is 1.90. The molecule has 1 rings (SSSR count). The fraction of sp³-hybridized carbons (Fsp3) is 0.500. The molecule has 0 aliphatic carbocycles. The van der Waals surface area contributed by atoms with Crippen molar-refractivity contribution in [3.8, 4) is 0 Å². The van der Waals surface area contributed by atoms with Gasteiger partial charge in [0.15, 0.2) is 0 Å². The quantitative estimate of drug-likeness (QED) is 0.797. The van der Waals surface area contributed by atoms with Gasteiger partial charge in [-0.3, -0.25) is 0 Å². The number of likely N-dealkylation sites (N-methyl/N-ethyl adjacent to an activating group) is 1. The first-order chi connectivity index (χ1) is 8.10. The maximum absolute atomic E-state index is 11.9. The average Bonchev–Trinajstić information content (AvgIpc) is 2.27. The lowest BCUT2D eigenvalue weighted by atomic mass is 9.99. The molecule has 0 saturated carbocycles. The predicted octanol–water partition coefficient (Wildman–Crippen LogP) is 2.52. The highest BCUT2D eigenvalue weighted by molar-refractivity contribution is 5.78. The monoisotopic (exact) mass is 235 g/mol. The van der Waals surface area contributed by atoms with E-state index in [1.165, 1.54) is 5.56 Å². The Morgan fingerprint density at radius 3 is 2.59 bits per heavy atom. The number of esters is 1. The number of nitrogens with one attached hydrogen (secondary N) is 1. The molecule has 0 aliphatic rings. The molecule has 1 atom stereocenters. The number of carbonyl (C=O) groups is 1. The number of aryl methyl sites for hydroxylation is 2. The van der Waals surface area contributed by atoms with E-state index in [4.69, 9.17) is 4.74 Å². The van der Waals surface area contributed by atoms with Gasteiger partial charge in [-0.15, -0.1) is 0 Å². The Bertz CT molecular complexity index is 388. The molecular weight excluding hydrogens is 214 g/mol. The molecule has 0 heterocycles. The Morgan fingerprint density at radius 2 is 2.06 bits per heavy atom. The molecule has 0 fully saturated rings. The van der Waals surface area contributed by atoms with Crippen molar-refractivity contribution >= 4 is 5.97 Å². The van der Waals surface area contributed by atoms with Gasteiger partial charge in [0.25, 0.3) is 0 Å². The molecule has 1 N–H and O–H groups in total. The second-order valence-corrected chi connectivity index (χ2v) is 4.10. The van der Waals surface area contributed by atoms with E-state index in [9.17, 15) is 4.79 Å². The molecule has 0 aliphatic heterocycles. The van der Waals surface area contributed by atoms with Gasteiger partial charge in [-0.1, -0.05) is 30.7 Å². The molecule has 0 saturated heterocycles. The van der Waals surface area contributed by atoms with Crippen molar-refractivity contribution in [1.82, 2.24) is 5.32 Å². The zero-order valence-electron chi connectivity index (χ0n) is 11.0. The van der Waals surface area contributed by atoms with Crippen LogP contribution in [-0.2, 0) is 9.53 Å². The summed E-state index contributed by atoms with van der Waals surface area (Å²) in [5.74, 6) is -0.207. The topological polar surface area (TPSA) is 38.3 Å². The van der Waals surface area contributed by atoms with Gasteiger partial charge in [0.1, 0.15) is 6.04 Å². The van der Waals surface area contributed by atoms with Crippen LogP contribution in [0.4, 0.5) is 0 Å². The van der Waals surface area contributed by atoms with Gasteiger partial charge in [-0.25, -0.2) is 4.79 Å². The van der Waals surface area contributed by atoms with Crippen LogP contribution in [0.1, 0.15) is 36.6 Å². The summed E-state index contributed by atoms with van der Waals surface area (Å²) in [7, 11) is 0. The summed E-state index contributed by atoms with van der Waals surface area (Å²) in [5, 5.41) is 3.17. The molecule has 0 aromatic heterocycles. The smallest absolute Gasteiger partial charge is 0.327 e. The minimum absolute atomic E-state index is 0.207. The second-order valence-electron chi connectivity index (χ2n) is 4.10. The number of hydrogen-bond donors (Lipinski definition) is 1. The zero-order valence-corrected chi connectivity index (χ0v) is 11.0. The zero-order chi connectivity index (χ0) is 12.8.